The van der Waals surface area contributed by atoms with Gasteiger partial charge in [-0.1, -0.05) is 0 Å². The van der Waals surface area contributed by atoms with E-state index in [0.29, 0.717) is 11.4 Å². The van der Waals surface area contributed by atoms with E-state index in [-0.39, 0.29) is 11.3 Å². The normalized spacial score (nSPS) is 22.5. The van der Waals surface area contributed by atoms with Crippen LogP contribution in [0.25, 0.3) is 11.3 Å². The van der Waals surface area contributed by atoms with Crippen LogP contribution in [0.15, 0.2) is 36.7 Å². The van der Waals surface area contributed by atoms with Gasteiger partial charge in [0.25, 0.3) is 0 Å². The number of hydrogen-bond donors (Lipinski definition) is 0. The molecular formula is C21H21FN2O7S. The summed E-state index contributed by atoms with van der Waals surface area (Å²) in [5.74, 6) is -1.89. The summed E-state index contributed by atoms with van der Waals surface area (Å²) in [6.07, 6.45) is -0.182. The predicted molar refractivity (Wildman–Crippen MR) is 111 cm³/mol. The molecule has 0 saturated carbocycles. The first-order valence-electron chi connectivity index (χ1n) is 9.61. The highest BCUT2D eigenvalue weighted by molar-refractivity contribution is 7.99. The summed E-state index contributed by atoms with van der Waals surface area (Å²) < 4.78 is 35.8. The van der Waals surface area contributed by atoms with Crippen molar-refractivity contribution in [2.24, 2.45) is 0 Å². The largest absolute Gasteiger partial charge is 0.474 e. The van der Waals surface area contributed by atoms with Gasteiger partial charge in [-0.05, 0) is 24.3 Å². The van der Waals surface area contributed by atoms with E-state index in [9.17, 15) is 18.8 Å². The van der Waals surface area contributed by atoms with Crippen LogP contribution in [0.5, 0.6) is 5.75 Å². The van der Waals surface area contributed by atoms with Gasteiger partial charge in [0.05, 0.1) is 17.5 Å². The number of esters is 3. The number of carbonyl (C=O) groups is 3. The number of rotatable bonds is 6. The zero-order chi connectivity index (χ0) is 23.3. The molecule has 170 valence electrons. The number of halogens is 1. The van der Waals surface area contributed by atoms with Crippen LogP contribution in [-0.2, 0) is 28.6 Å². The summed E-state index contributed by atoms with van der Waals surface area (Å²) in [5.41, 5.74) is -0.177. The molecule has 1 aliphatic rings. The van der Waals surface area contributed by atoms with Crippen molar-refractivity contribution in [1.82, 2.24) is 9.97 Å². The highest BCUT2D eigenvalue weighted by Gasteiger charge is 2.47. The number of nitrogens with zero attached hydrogens (tertiary/aromatic N) is 2. The molecule has 0 aliphatic carbocycles. The average Bonchev–Trinajstić information content (AvgIpc) is 2.72. The number of aromatic nitrogens is 2. The van der Waals surface area contributed by atoms with Gasteiger partial charge in [-0.3, -0.25) is 19.4 Å². The molecule has 0 amide bonds. The molecule has 32 heavy (non-hydrogen) atoms. The molecule has 3 rings (SSSR count). The lowest BCUT2D eigenvalue weighted by Gasteiger charge is -2.39. The Morgan fingerprint density at radius 1 is 0.969 bits per heavy atom. The molecule has 1 saturated heterocycles. The van der Waals surface area contributed by atoms with Gasteiger partial charge in [0, 0.05) is 32.7 Å². The molecule has 1 fully saturated rings. The number of pyridine rings is 2. The Bertz CT molecular complexity index is 988. The van der Waals surface area contributed by atoms with Crippen LogP contribution in [0.2, 0.25) is 0 Å². The Kier molecular flexibility index (Phi) is 7.62. The van der Waals surface area contributed by atoms with Gasteiger partial charge in [-0.2, -0.15) is 4.39 Å². The molecule has 0 N–H and O–H groups in total. The van der Waals surface area contributed by atoms with Crippen molar-refractivity contribution in [1.29, 1.82) is 0 Å². The van der Waals surface area contributed by atoms with Crippen molar-refractivity contribution in [3.63, 3.8) is 0 Å². The summed E-state index contributed by atoms with van der Waals surface area (Å²) in [5, 5.41) is 0. The molecule has 1 aliphatic heterocycles. The Morgan fingerprint density at radius 3 is 2.25 bits per heavy atom. The standard InChI is InChI=1S/C21H21FN2O7S/c1-11(25)28-17-10-32-21(19(30-13(3)27)18(17)29-12(2)26)31-14-6-7-16(24-9-14)15-5-4-8-23-20(15)22/h4-9,17-19,21H,10H2,1-3H3/t17-,18+,19-,21-/m1/s1. The highest BCUT2D eigenvalue weighted by atomic mass is 32.2. The van der Waals surface area contributed by atoms with Crippen LogP contribution in [0, 0.1) is 5.95 Å². The smallest absolute Gasteiger partial charge is 0.303 e. The molecule has 0 unspecified atom stereocenters. The second-order valence-electron chi connectivity index (χ2n) is 6.84. The van der Waals surface area contributed by atoms with Crippen molar-refractivity contribution in [3.8, 4) is 17.0 Å². The van der Waals surface area contributed by atoms with Crippen molar-refractivity contribution in [3.05, 3.63) is 42.6 Å². The first-order chi connectivity index (χ1) is 15.2. The maximum atomic E-state index is 13.9. The second-order valence-corrected chi connectivity index (χ2v) is 7.97. The fourth-order valence-electron chi connectivity index (χ4n) is 3.13. The van der Waals surface area contributed by atoms with E-state index in [1.807, 2.05) is 0 Å². The average molecular weight is 464 g/mol. The molecule has 4 atom stereocenters. The van der Waals surface area contributed by atoms with Crippen LogP contribution in [0.3, 0.4) is 0 Å². The fourth-order valence-corrected chi connectivity index (χ4v) is 4.35. The third-order valence-corrected chi connectivity index (χ3v) is 5.54. The monoisotopic (exact) mass is 464 g/mol. The number of ether oxygens (including phenoxy) is 4. The lowest BCUT2D eigenvalue weighted by atomic mass is 10.1. The summed E-state index contributed by atoms with van der Waals surface area (Å²) in [4.78, 5) is 42.6. The van der Waals surface area contributed by atoms with Crippen LogP contribution in [0.4, 0.5) is 4.39 Å². The summed E-state index contributed by atoms with van der Waals surface area (Å²) in [6.45, 7) is 3.64. The van der Waals surface area contributed by atoms with Gasteiger partial charge < -0.3 is 18.9 Å². The Morgan fingerprint density at radius 2 is 1.66 bits per heavy atom. The molecule has 9 nitrogen and oxygen atoms in total. The lowest BCUT2D eigenvalue weighted by molar-refractivity contribution is -0.186. The van der Waals surface area contributed by atoms with Crippen LogP contribution in [0.1, 0.15) is 20.8 Å². The van der Waals surface area contributed by atoms with Crippen LogP contribution in [-0.4, -0.2) is 57.4 Å². The van der Waals surface area contributed by atoms with Crippen molar-refractivity contribution in [2.75, 3.05) is 5.75 Å². The topological polar surface area (TPSA) is 114 Å². The number of carbonyl (C=O) groups excluding carboxylic acids is 3. The maximum absolute atomic E-state index is 13.9. The minimum atomic E-state index is -1.05. The van der Waals surface area contributed by atoms with Crippen molar-refractivity contribution < 1.29 is 37.7 Å². The number of thioether (sulfide) groups is 1. The quantitative estimate of drug-likeness (QED) is 0.359. The lowest BCUT2D eigenvalue weighted by Crippen LogP contribution is -2.55. The first-order valence-corrected chi connectivity index (χ1v) is 10.7. The molecule has 2 aromatic rings. The van der Waals surface area contributed by atoms with E-state index in [4.69, 9.17) is 18.9 Å². The van der Waals surface area contributed by atoms with Crippen LogP contribution < -0.4 is 4.74 Å². The van der Waals surface area contributed by atoms with Crippen LogP contribution >= 0.6 is 11.8 Å². The predicted octanol–water partition coefficient (Wildman–Crippen LogP) is 2.53. The van der Waals surface area contributed by atoms with Gasteiger partial charge in [-0.15, -0.1) is 11.8 Å². The van der Waals surface area contributed by atoms with Gasteiger partial charge in [0.2, 0.25) is 5.95 Å². The van der Waals surface area contributed by atoms with Gasteiger partial charge >= 0.3 is 17.9 Å². The van der Waals surface area contributed by atoms with Gasteiger partial charge in [-0.25, -0.2) is 4.98 Å². The molecular weight excluding hydrogens is 443 g/mol. The molecule has 2 aromatic heterocycles. The molecule has 3 heterocycles. The van der Waals surface area contributed by atoms with Crippen molar-refractivity contribution >= 4 is 29.7 Å². The molecule has 11 heteroatoms. The van der Waals surface area contributed by atoms with Crippen molar-refractivity contribution in [2.45, 2.75) is 44.5 Å². The SMILES string of the molecule is CC(=O)O[C@@H]1[C@@H](OC(C)=O)[C@H](OC(C)=O)CS[C@H]1Oc1ccc(-c2cccnc2F)nc1. The molecule has 0 radical (unpaired) electrons. The van der Waals surface area contributed by atoms with E-state index < -0.39 is 47.6 Å². The number of hydrogen-bond acceptors (Lipinski definition) is 10. The van der Waals surface area contributed by atoms with E-state index >= 15 is 0 Å². The van der Waals surface area contributed by atoms with E-state index in [1.165, 1.54) is 44.9 Å². The highest BCUT2D eigenvalue weighted by Crippen LogP contribution is 2.34. The molecule has 0 spiro atoms. The van der Waals surface area contributed by atoms with Gasteiger partial charge in [0.1, 0.15) is 5.75 Å². The Hall–Kier alpha value is -3.21. The third-order valence-electron chi connectivity index (χ3n) is 4.33. The van der Waals surface area contributed by atoms with E-state index in [1.54, 1.807) is 24.3 Å². The minimum absolute atomic E-state index is 0.239. The van der Waals surface area contributed by atoms with E-state index in [2.05, 4.69) is 9.97 Å². The zero-order valence-corrected chi connectivity index (χ0v) is 18.3. The Labute approximate surface area is 187 Å². The molecule has 0 aromatic carbocycles. The second kappa shape index (κ2) is 10.4. The molecule has 0 bridgehead atoms. The summed E-state index contributed by atoms with van der Waals surface area (Å²) in [7, 11) is 0. The first kappa shape index (κ1) is 23.5. The minimum Gasteiger partial charge on any atom is -0.474 e. The van der Waals surface area contributed by atoms with Gasteiger partial charge in [0.15, 0.2) is 23.7 Å². The fraction of sp³-hybridized carbons (Fsp3) is 0.381. The maximum Gasteiger partial charge on any atom is 0.303 e. The zero-order valence-electron chi connectivity index (χ0n) is 17.5. The summed E-state index contributed by atoms with van der Waals surface area (Å²) in [6, 6.07) is 6.30. The Balaban J connectivity index is 1.82. The van der Waals surface area contributed by atoms with E-state index in [0.717, 1.165) is 0 Å². The third kappa shape index (κ3) is 5.94. The summed E-state index contributed by atoms with van der Waals surface area (Å²) >= 11 is 1.23.